The highest BCUT2D eigenvalue weighted by molar-refractivity contribution is 6.32. The van der Waals surface area contributed by atoms with Crippen molar-refractivity contribution in [3.05, 3.63) is 70.7 Å². The summed E-state index contributed by atoms with van der Waals surface area (Å²) in [5, 5.41) is 14.1. The number of phenolic OH excluding ortho intramolecular Hbond substituents is 1. The summed E-state index contributed by atoms with van der Waals surface area (Å²) in [7, 11) is 0. The van der Waals surface area contributed by atoms with Gasteiger partial charge in [0.15, 0.2) is 5.78 Å². The zero-order valence-electron chi connectivity index (χ0n) is 14.1. The van der Waals surface area contributed by atoms with Gasteiger partial charge in [-0.3, -0.25) is 9.59 Å². The fourth-order valence-electron chi connectivity index (χ4n) is 2.65. The smallest absolute Gasteiger partial charge is 0.316 e. The van der Waals surface area contributed by atoms with Gasteiger partial charge >= 0.3 is 5.97 Å². The highest BCUT2D eigenvalue weighted by Crippen LogP contribution is 2.31. The van der Waals surface area contributed by atoms with Crippen LogP contribution in [0.1, 0.15) is 22.3 Å². The first kappa shape index (κ1) is 18.4. The molecule has 0 saturated heterocycles. The number of nitrogens with zero attached hydrogens (tertiary/aromatic N) is 1. The average Bonchev–Trinajstić information content (AvgIpc) is 2.68. The number of phenols is 1. The lowest BCUT2D eigenvalue weighted by Crippen LogP contribution is -2.10. The second kappa shape index (κ2) is 7.88. The summed E-state index contributed by atoms with van der Waals surface area (Å²) in [5.74, 6) is 4.45. The van der Waals surface area contributed by atoms with Crippen molar-refractivity contribution in [3.63, 3.8) is 0 Å². The van der Waals surface area contributed by atoms with E-state index in [-0.39, 0.29) is 23.0 Å². The first-order chi connectivity index (χ1) is 13.0. The summed E-state index contributed by atoms with van der Waals surface area (Å²) in [4.78, 5) is 24.8. The number of aromatic hydroxyl groups is 1. The van der Waals surface area contributed by atoms with Crippen molar-refractivity contribution >= 4 is 40.3 Å². The molecule has 0 amide bonds. The quantitative estimate of drug-likeness (QED) is 0.175. The predicted molar refractivity (Wildman–Crippen MR) is 103 cm³/mol. The highest BCUT2D eigenvalue weighted by Gasteiger charge is 2.17. The third-order valence-corrected chi connectivity index (χ3v) is 4.23. The number of hydrazone groups is 1. The van der Waals surface area contributed by atoms with Gasteiger partial charge in [-0.2, -0.15) is 5.10 Å². The van der Waals surface area contributed by atoms with Crippen LogP contribution in [0.15, 0.2) is 59.7 Å². The van der Waals surface area contributed by atoms with Crippen molar-refractivity contribution in [1.82, 2.24) is 0 Å². The van der Waals surface area contributed by atoms with Crippen LogP contribution in [0.3, 0.4) is 0 Å². The molecule has 0 spiro atoms. The third kappa shape index (κ3) is 3.91. The van der Waals surface area contributed by atoms with Crippen LogP contribution in [-0.2, 0) is 4.79 Å². The Morgan fingerprint density at radius 2 is 1.85 bits per heavy atom. The second-order valence-corrected chi connectivity index (χ2v) is 6.07. The number of nitrogens with two attached hydrogens (primary N) is 1. The first-order valence-electron chi connectivity index (χ1n) is 7.98. The second-order valence-electron chi connectivity index (χ2n) is 5.66. The van der Waals surface area contributed by atoms with Crippen molar-refractivity contribution in [2.75, 3.05) is 0 Å². The molecule has 0 aromatic heterocycles. The van der Waals surface area contributed by atoms with E-state index in [0.29, 0.717) is 27.6 Å². The number of rotatable bonds is 5. The van der Waals surface area contributed by atoms with Crippen LogP contribution in [0.2, 0.25) is 5.02 Å². The van der Waals surface area contributed by atoms with Gasteiger partial charge in [-0.25, -0.2) is 0 Å². The van der Waals surface area contributed by atoms with E-state index in [0.717, 1.165) is 0 Å². The number of fused-ring (bicyclic) bond motifs is 1. The summed E-state index contributed by atoms with van der Waals surface area (Å²) in [6.45, 7) is 0. The number of hydrogen-bond donors (Lipinski definition) is 2. The number of ketones is 1. The van der Waals surface area contributed by atoms with Crippen LogP contribution in [0.4, 0.5) is 0 Å². The average molecular weight is 383 g/mol. The molecule has 0 fully saturated rings. The van der Waals surface area contributed by atoms with Crippen molar-refractivity contribution in [2.24, 2.45) is 10.9 Å². The predicted octanol–water partition coefficient (Wildman–Crippen LogP) is 3.67. The molecule has 0 heterocycles. The lowest BCUT2D eigenvalue weighted by atomic mass is 9.96. The summed E-state index contributed by atoms with van der Waals surface area (Å²) < 4.78 is 5.35. The fraction of sp³-hybridized carbons (Fsp3) is 0.0500. The van der Waals surface area contributed by atoms with Crippen LogP contribution in [0.5, 0.6) is 11.5 Å². The highest BCUT2D eigenvalue weighted by atomic mass is 35.5. The maximum atomic E-state index is 12.9. The molecule has 27 heavy (non-hydrogen) atoms. The standard InChI is InChI=1S/C20H15ClN2O4/c21-16-11-12(5-7-17(16)24)20(26)15-6-8-18(27-19(25)9-10-23-22)14-4-2-1-3-13(14)15/h1-8,10-11,24H,9,22H2. The molecule has 0 unspecified atom stereocenters. The Kier molecular flexibility index (Phi) is 5.38. The molecule has 3 aromatic rings. The molecule has 0 bridgehead atoms. The molecule has 0 atom stereocenters. The Morgan fingerprint density at radius 3 is 2.56 bits per heavy atom. The van der Waals surface area contributed by atoms with E-state index in [4.69, 9.17) is 22.2 Å². The molecular weight excluding hydrogens is 368 g/mol. The summed E-state index contributed by atoms with van der Waals surface area (Å²) >= 11 is 5.91. The largest absolute Gasteiger partial charge is 0.506 e. The van der Waals surface area contributed by atoms with Gasteiger partial charge < -0.3 is 15.7 Å². The number of carbonyl (C=O) groups is 2. The van der Waals surface area contributed by atoms with E-state index in [2.05, 4.69) is 5.10 Å². The number of hydrogen-bond acceptors (Lipinski definition) is 6. The molecule has 6 nitrogen and oxygen atoms in total. The molecule has 3 N–H and O–H groups in total. The molecule has 0 radical (unpaired) electrons. The van der Waals surface area contributed by atoms with Gasteiger partial charge in [0.05, 0.1) is 11.4 Å². The number of ether oxygens (including phenoxy) is 1. The monoisotopic (exact) mass is 382 g/mol. The van der Waals surface area contributed by atoms with Gasteiger partial charge in [0.25, 0.3) is 0 Å². The molecule has 136 valence electrons. The third-order valence-electron chi connectivity index (χ3n) is 3.93. The van der Waals surface area contributed by atoms with E-state index >= 15 is 0 Å². The fourth-order valence-corrected chi connectivity index (χ4v) is 2.83. The van der Waals surface area contributed by atoms with Crippen LogP contribution in [-0.4, -0.2) is 23.1 Å². The zero-order valence-corrected chi connectivity index (χ0v) is 14.8. The maximum Gasteiger partial charge on any atom is 0.316 e. The Morgan fingerprint density at radius 1 is 1.11 bits per heavy atom. The van der Waals surface area contributed by atoms with E-state index in [9.17, 15) is 14.7 Å². The van der Waals surface area contributed by atoms with Gasteiger partial charge in [-0.05, 0) is 35.7 Å². The molecule has 0 saturated carbocycles. The summed E-state index contributed by atoms with van der Waals surface area (Å²) in [5.41, 5.74) is 0.766. The van der Waals surface area contributed by atoms with Gasteiger partial charge in [0.2, 0.25) is 0 Å². The van der Waals surface area contributed by atoms with Crippen molar-refractivity contribution in [3.8, 4) is 11.5 Å². The number of halogens is 1. The van der Waals surface area contributed by atoms with Crippen LogP contribution >= 0.6 is 11.6 Å². The van der Waals surface area contributed by atoms with E-state index in [1.54, 1.807) is 36.4 Å². The normalized spacial score (nSPS) is 11.0. The molecule has 7 heteroatoms. The number of carbonyl (C=O) groups excluding carboxylic acids is 2. The number of esters is 1. The SMILES string of the molecule is NN=CCC(=O)Oc1ccc(C(=O)c2ccc(O)c(Cl)c2)c2ccccc12. The minimum atomic E-state index is -0.515. The van der Waals surface area contributed by atoms with Gasteiger partial charge in [0.1, 0.15) is 11.5 Å². The summed E-state index contributed by atoms with van der Waals surface area (Å²) in [6.07, 6.45) is 1.19. The Balaban J connectivity index is 2.02. The minimum Gasteiger partial charge on any atom is -0.506 e. The van der Waals surface area contributed by atoms with Gasteiger partial charge in [-0.1, -0.05) is 35.9 Å². The molecule has 0 aliphatic heterocycles. The summed E-state index contributed by atoms with van der Waals surface area (Å²) in [6, 6.07) is 14.5. The van der Waals surface area contributed by atoms with Gasteiger partial charge in [-0.15, -0.1) is 0 Å². The van der Waals surface area contributed by atoms with Crippen LogP contribution in [0, 0.1) is 0 Å². The van der Waals surface area contributed by atoms with Crippen LogP contribution < -0.4 is 10.6 Å². The maximum absolute atomic E-state index is 12.9. The van der Waals surface area contributed by atoms with Crippen molar-refractivity contribution in [2.45, 2.75) is 6.42 Å². The Labute approximate surface area is 159 Å². The van der Waals surface area contributed by atoms with Crippen LogP contribution in [0.25, 0.3) is 10.8 Å². The van der Waals surface area contributed by atoms with E-state index in [1.807, 2.05) is 0 Å². The lowest BCUT2D eigenvalue weighted by Gasteiger charge is -2.11. The molecular formula is C20H15ClN2O4. The topological polar surface area (TPSA) is 102 Å². The Hall–Kier alpha value is -3.38. The van der Waals surface area contributed by atoms with E-state index in [1.165, 1.54) is 24.4 Å². The zero-order chi connectivity index (χ0) is 19.4. The molecule has 3 aromatic carbocycles. The van der Waals surface area contributed by atoms with Crippen molar-refractivity contribution < 1.29 is 19.4 Å². The van der Waals surface area contributed by atoms with Crippen molar-refractivity contribution in [1.29, 1.82) is 0 Å². The molecule has 0 aliphatic rings. The minimum absolute atomic E-state index is 0.0580. The molecule has 3 rings (SSSR count). The first-order valence-corrected chi connectivity index (χ1v) is 8.36. The Bertz CT molecular complexity index is 1060. The van der Waals surface area contributed by atoms with E-state index < -0.39 is 5.97 Å². The molecule has 0 aliphatic carbocycles. The van der Waals surface area contributed by atoms with Gasteiger partial charge in [0, 0.05) is 22.7 Å². The lowest BCUT2D eigenvalue weighted by molar-refractivity contribution is -0.132. The number of benzene rings is 3.